The van der Waals surface area contributed by atoms with E-state index in [-0.39, 0.29) is 36.1 Å². The van der Waals surface area contributed by atoms with Gasteiger partial charge < -0.3 is 14.8 Å². The van der Waals surface area contributed by atoms with Crippen LogP contribution in [0.3, 0.4) is 0 Å². The van der Waals surface area contributed by atoms with Gasteiger partial charge in [-0.15, -0.1) is 0 Å². The number of hydrogen-bond acceptors (Lipinski definition) is 7. The van der Waals surface area contributed by atoms with Crippen LogP contribution < -0.4 is 10.1 Å². The van der Waals surface area contributed by atoms with Gasteiger partial charge in [0.25, 0.3) is 10.2 Å². The number of morpholine rings is 1. The first-order valence-electron chi connectivity index (χ1n) is 10.3. The first-order chi connectivity index (χ1) is 15.1. The SMILES string of the molecule is COc1ccc(S(=O)(=O)N2CCOCC2)cc1NC(=O)[C@H]1CCCN(S(=O)(=O)N(C)C)C1. The summed E-state index contributed by atoms with van der Waals surface area (Å²) in [5, 5.41) is 2.74. The molecule has 2 aliphatic heterocycles. The van der Waals surface area contributed by atoms with Crippen molar-refractivity contribution in [3.8, 4) is 5.75 Å². The lowest BCUT2D eigenvalue weighted by molar-refractivity contribution is -0.120. The number of anilines is 1. The molecule has 1 N–H and O–H groups in total. The van der Waals surface area contributed by atoms with Crippen molar-refractivity contribution in [2.45, 2.75) is 17.7 Å². The predicted molar refractivity (Wildman–Crippen MR) is 118 cm³/mol. The number of rotatable bonds is 7. The zero-order valence-electron chi connectivity index (χ0n) is 18.5. The van der Waals surface area contributed by atoms with Crippen molar-refractivity contribution in [2.24, 2.45) is 5.92 Å². The largest absolute Gasteiger partial charge is 0.495 e. The van der Waals surface area contributed by atoms with Gasteiger partial charge in [-0.05, 0) is 31.0 Å². The van der Waals surface area contributed by atoms with Crippen LogP contribution in [0.2, 0.25) is 0 Å². The first kappa shape index (κ1) is 24.9. The molecule has 2 fully saturated rings. The van der Waals surface area contributed by atoms with Crippen LogP contribution in [0.15, 0.2) is 23.1 Å². The van der Waals surface area contributed by atoms with E-state index in [1.807, 2.05) is 0 Å². The number of nitrogens with zero attached hydrogens (tertiary/aromatic N) is 3. The van der Waals surface area contributed by atoms with Crippen LogP contribution in [0, 0.1) is 5.92 Å². The molecule has 0 aromatic heterocycles. The summed E-state index contributed by atoms with van der Waals surface area (Å²) < 4.78 is 65.1. The molecule has 1 aromatic carbocycles. The Labute approximate surface area is 189 Å². The highest BCUT2D eigenvalue weighted by atomic mass is 32.2. The van der Waals surface area contributed by atoms with E-state index in [0.717, 1.165) is 4.31 Å². The zero-order valence-corrected chi connectivity index (χ0v) is 20.1. The van der Waals surface area contributed by atoms with Crippen molar-refractivity contribution in [3.63, 3.8) is 0 Å². The van der Waals surface area contributed by atoms with Crippen LogP contribution in [0.5, 0.6) is 5.75 Å². The Balaban J connectivity index is 1.80. The molecule has 11 nitrogen and oxygen atoms in total. The van der Waals surface area contributed by atoms with Crippen LogP contribution in [0.1, 0.15) is 12.8 Å². The fourth-order valence-corrected chi connectivity index (χ4v) is 6.34. The number of carbonyl (C=O) groups is 1. The third-order valence-corrected chi connectivity index (χ3v) is 9.38. The molecule has 32 heavy (non-hydrogen) atoms. The second-order valence-corrected chi connectivity index (χ2v) is 11.9. The van der Waals surface area contributed by atoms with Gasteiger partial charge in [0.2, 0.25) is 15.9 Å². The Kier molecular flexibility index (Phi) is 7.78. The third kappa shape index (κ3) is 5.24. The Hall–Kier alpha value is -1.77. The van der Waals surface area contributed by atoms with Gasteiger partial charge in [-0.25, -0.2) is 8.42 Å². The number of ether oxygens (including phenoxy) is 2. The van der Waals surface area contributed by atoms with Crippen molar-refractivity contribution in [1.82, 2.24) is 12.9 Å². The Bertz CT molecular complexity index is 1040. The summed E-state index contributed by atoms with van der Waals surface area (Å²) in [6.07, 6.45) is 1.08. The summed E-state index contributed by atoms with van der Waals surface area (Å²) >= 11 is 0. The lowest BCUT2D eigenvalue weighted by Crippen LogP contribution is -2.47. The second kappa shape index (κ2) is 10.0. The Morgan fingerprint density at radius 3 is 2.44 bits per heavy atom. The van der Waals surface area contributed by atoms with Crippen LogP contribution >= 0.6 is 0 Å². The van der Waals surface area contributed by atoms with Gasteiger partial charge in [-0.3, -0.25) is 4.79 Å². The quantitative estimate of drug-likeness (QED) is 0.578. The molecule has 0 unspecified atom stereocenters. The minimum Gasteiger partial charge on any atom is -0.495 e. The summed E-state index contributed by atoms with van der Waals surface area (Å²) in [4.78, 5) is 13.0. The van der Waals surface area contributed by atoms with Gasteiger partial charge in [0, 0.05) is 40.3 Å². The number of amides is 1. The highest BCUT2D eigenvalue weighted by Crippen LogP contribution is 2.30. The number of hydrogen-bond donors (Lipinski definition) is 1. The first-order valence-corrected chi connectivity index (χ1v) is 13.2. The molecule has 1 atom stereocenters. The number of benzene rings is 1. The molecule has 180 valence electrons. The van der Waals surface area contributed by atoms with Crippen LogP contribution in [-0.2, 0) is 29.8 Å². The van der Waals surface area contributed by atoms with E-state index in [2.05, 4.69) is 5.32 Å². The summed E-state index contributed by atoms with van der Waals surface area (Å²) in [7, 11) is -3.06. The topological polar surface area (TPSA) is 126 Å². The molecule has 2 aliphatic rings. The van der Waals surface area contributed by atoms with Gasteiger partial charge in [-0.1, -0.05) is 0 Å². The number of sulfonamides is 1. The molecule has 3 rings (SSSR count). The fourth-order valence-electron chi connectivity index (χ4n) is 3.71. The summed E-state index contributed by atoms with van der Waals surface area (Å²) in [6, 6.07) is 4.30. The molecule has 0 saturated carbocycles. The highest BCUT2D eigenvalue weighted by Gasteiger charge is 2.34. The van der Waals surface area contributed by atoms with Crippen LogP contribution in [0.4, 0.5) is 5.69 Å². The zero-order chi connectivity index (χ0) is 23.5. The Morgan fingerprint density at radius 1 is 1.12 bits per heavy atom. The second-order valence-electron chi connectivity index (χ2n) is 7.86. The normalized spacial score (nSPS) is 21.4. The minimum absolute atomic E-state index is 0.0379. The van der Waals surface area contributed by atoms with Gasteiger partial charge >= 0.3 is 0 Å². The van der Waals surface area contributed by atoms with Gasteiger partial charge in [0.05, 0.1) is 36.8 Å². The lowest BCUT2D eigenvalue weighted by Gasteiger charge is -2.32. The molecule has 1 amide bonds. The standard InChI is InChI=1S/C19H30N4O7S2/c1-21(2)32(27,28)23-8-4-5-15(14-23)19(24)20-17-13-16(6-7-18(17)29-3)31(25,26)22-9-11-30-12-10-22/h6-7,13,15H,4-5,8-12,14H2,1-3H3,(H,20,24)/t15-/m0/s1. The molecule has 2 saturated heterocycles. The third-order valence-electron chi connectivity index (χ3n) is 5.58. The summed E-state index contributed by atoms with van der Waals surface area (Å²) in [5.74, 6) is -0.640. The molecule has 2 heterocycles. The van der Waals surface area contributed by atoms with Crippen molar-refractivity contribution in [3.05, 3.63) is 18.2 Å². The Morgan fingerprint density at radius 2 is 1.81 bits per heavy atom. The fraction of sp³-hybridized carbons (Fsp3) is 0.632. The van der Waals surface area contributed by atoms with E-state index in [9.17, 15) is 21.6 Å². The lowest BCUT2D eigenvalue weighted by atomic mass is 9.98. The maximum Gasteiger partial charge on any atom is 0.281 e. The molecule has 0 aliphatic carbocycles. The van der Waals surface area contributed by atoms with E-state index < -0.39 is 26.2 Å². The van der Waals surface area contributed by atoms with E-state index in [1.54, 1.807) is 0 Å². The maximum atomic E-state index is 13.0. The smallest absolute Gasteiger partial charge is 0.281 e. The molecular weight excluding hydrogens is 460 g/mol. The van der Waals surface area contributed by atoms with E-state index in [0.29, 0.717) is 38.3 Å². The van der Waals surface area contributed by atoms with Crippen molar-refractivity contribution >= 4 is 31.8 Å². The van der Waals surface area contributed by atoms with Gasteiger partial charge in [0.15, 0.2) is 0 Å². The van der Waals surface area contributed by atoms with E-state index in [4.69, 9.17) is 9.47 Å². The molecule has 13 heteroatoms. The molecule has 0 spiro atoms. The van der Waals surface area contributed by atoms with Crippen LogP contribution in [-0.4, -0.2) is 96.3 Å². The molecule has 0 bridgehead atoms. The monoisotopic (exact) mass is 490 g/mol. The van der Waals surface area contributed by atoms with Crippen molar-refractivity contribution < 1.29 is 31.1 Å². The van der Waals surface area contributed by atoms with Crippen LogP contribution in [0.25, 0.3) is 0 Å². The average molecular weight is 491 g/mol. The van der Waals surface area contributed by atoms with Crippen molar-refractivity contribution in [1.29, 1.82) is 0 Å². The number of nitrogens with one attached hydrogen (secondary N) is 1. The predicted octanol–water partition coefficient (Wildman–Crippen LogP) is 0.173. The molecule has 1 aromatic rings. The molecule has 0 radical (unpaired) electrons. The molecular formula is C19H30N4O7S2. The number of methoxy groups -OCH3 is 1. The maximum absolute atomic E-state index is 13.0. The van der Waals surface area contributed by atoms with E-state index in [1.165, 1.54) is 48.0 Å². The number of piperidine rings is 1. The van der Waals surface area contributed by atoms with Gasteiger partial charge in [0.1, 0.15) is 5.75 Å². The van der Waals surface area contributed by atoms with Gasteiger partial charge in [-0.2, -0.15) is 21.3 Å². The summed E-state index contributed by atoms with van der Waals surface area (Å²) in [6.45, 7) is 1.57. The van der Waals surface area contributed by atoms with E-state index >= 15 is 0 Å². The minimum atomic E-state index is -3.75. The average Bonchev–Trinajstić information content (AvgIpc) is 2.79. The van der Waals surface area contributed by atoms with Crippen molar-refractivity contribution in [2.75, 3.05) is 65.9 Å². The number of carbonyl (C=O) groups excluding carboxylic acids is 1. The summed E-state index contributed by atoms with van der Waals surface area (Å²) in [5.41, 5.74) is 0.222. The highest BCUT2D eigenvalue weighted by molar-refractivity contribution is 7.89.